The number of amides is 1. The largest absolute Gasteiger partial charge is 0.467 e. The maximum Gasteiger partial charge on any atom is 0.328 e. The van der Waals surface area contributed by atoms with E-state index in [4.69, 9.17) is 4.74 Å². The van der Waals surface area contributed by atoms with Gasteiger partial charge in [0.15, 0.2) is 0 Å². The fraction of sp³-hybridized carbons (Fsp3) is 0.263. The van der Waals surface area contributed by atoms with Gasteiger partial charge in [-0.1, -0.05) is 30.3 Å². The van der Waals surface area contributed by atoms with Crippen molar-refractivity contribution in [1.29, 1.82) is 0 Å². The molecule has 2 aromatic rings. The lowest BCUT2D eigenvalue weighted by atomic mass is 10.0. The summed E-state index contributed by atoms with van der Waals surface area (Å²) in [5.41, 5.74) is 1.47. The van der Waals surface area contributed by atoms with Crippen LogP contribution in [0.3, 0.4) is 0 Å². The van der Waals surface area contributed by atoms with Crippen LogP contribution in [0.15, 0.2) is 54.6 Å². The Kier molecular flexibility index (Phi) is 6.49. The summed E-state index contributed by atoms with van der Waals surface area (Å²) in [6.45, 7) is 0. The van der Waals surface area contributed by atoms with Gasteiger partial charge in [-0.3, -0.25) is 4.79 Å². The Morgan fingerprint density at radius 2 is 1.75 bits per heavy atom. The van der Waals surface area contributed by atoms with Crippen LogP contribution in [0.1, 0.15) is 28.8 Å². The molecule has 0 spiro atoms. The van der Waals surface area contributed by atoms with Crippen LogP contribution in [-0.4, -0.2) is 25.0 Å². The minimum absolute atomic E-state index is 0.299. The van der Waals surface area contributed by atoms with E-state index in [1.165, 1.54) is 36.9 Å². The quantitative estimate of drug-likeness (QED) is 0.794. The van der Waals surface area contributed by atoms with Crippen LogP contribution in [0.2, 0.25) is 0 Å². The zero-order valence-electron chi connectivity index (χ0n) is 13.5. The first-order valence-electron chi connectivity index (χ1n) is 7.78. The Morgan fingerprint density at radius 3 is 2.38 bits per heavy atom. The molecule has 0 aliphatic heterocycles. The third-order valence-electron chi connectivity index (χ3n) is 3.70. The van der Waals surface area contributed by atoms with Crippen molar-refractivity contribution in [3.63, 3.8) is 0 Å². The monoisotopic (exact) mass is 329 g/mol. The number of carbonyl (C=O) groups is 2. The van der Waals surface area contributed by atoms with Gasteiger partial charge in [-0.25, -0.2) is 9.18 Å². The number of esters is 1. The number of carbonyl (C=O) groups excluding carboxylic acids is 2. The number of halogens is 1. The number of ether oxygens (including phenoxy) is 1. The molecule has 0 aliphatic carbocycles. The number of hydrogen-bond acceptors (Lipinski definition) is 3. The van der Waals surface area contributed by atoms with E-state index in [9.17, 15) is 14.0 Å². The van der Waals surface area contributed by atoms with E-state index in [1.807, 2.05) is 30.3 Å². The molecule has 0 fully saturated rings. The van der Waals surface area contributed by atoms with E-state index in [-0.39, 0.29) is 0 Å². The van der Waals surface area contributed by atoms with Crippen molar-refractivity contribution in [1.82, 2.24) is 5.32 Å². The Morgan fingerprint density at radius 1 is 1.08 bits per heavy atom. The predicted molar refractivity (Wildman–Crippen MR) is 89.1 cm³/mol. The lowest BCUT2D eigenvalue weighted by Gasteiger charge is -2.16. The summed E-state index contributed by atoms with van der Waals surface area (Å²) in [7, 11) is 1.29. The molecule has 1 amide bonds. The van der Waals surface area contributed by atoms with Crippen LogP contribution in [0.25, 0.3) is 0 Å². The molecule has 24 heavy (non-hydrogen) atoms. The van der Waals surface area contributed by atoms with Crippen LogP contribution in [0.5, 0.6) is 0 Å². The van der Waals surface area contributed by atoms with Gasteiger partial charge in [-0.2, -0.15) is 0 Å². The highest BCUT2D eigenvalue weighted by Gasteiger charge is 2.21. The summed E-state index contributed by atoms with van der Waals surface area (Å²) in [5, 5.41) is 2.65. The van der Waals surface area contributed by atoms with Crippen molar-refractivity contribution >= 4 is 11.9 Å². The lowest BCUT2D eigenvalue weighted by Crippen LogP contribution is -2.41. The molecule has 0 aromatic heterocycles. The van der Waals surface area contributed by atoms with E-state index in [0.29, 0.717) is 12.0 Å². The summed E-state index contributed by atoms with van der Waals surface area (Å²) in [6.07, 6.45) is 2.00. The molecule has 1 N–H and O–H groups in total. The molecule has 5 heteroatoms. The molecule has 4 nitrogen and oxygen atoms in total. The van der Waals surface area contributed by atoms with E-state index in [1.54, 1.807) is 0 Å². The summed E-state index contributed by atoms with van der Waals surface area (Å²) in [4.78, 5) is 24.1. The number of aryl methyl sites for hydroxylation is 1. The molecule has 2 rings (SSSR count). The molecular weight excluding hydrogens is 309 g/mol. The third-order valence-corrected chi connectivity index (χ3v) is 3.70. The van der Waals surface area contributed by atoms with E-state index in [0.717, 1.165) is 12.8 Å². The van der Waals surface area contributed by atoms with E-state index < -0.39 is 23.7 Å². The zero-order chi connectivity index (χ0) is 17.4. The van der Waals surface area contributed by atoms with Gasteiger partial charge in [0.25, 0.3) is 5.91 Å². The molecule has 0 heterocycles. The van der Waals surface area contributed by atoms with E-state index >= 15 is 0 Å². The maximum absolute atomic E-state index is 12.9. The standard InChI is InChI=1S/C19H20FNO3/c1-24-19(23)17(9-5-8-14-6-3-2-4-7-14)21-18(22)15-10-12-16(20)13-11-15/h2-4,6-7,10-13,17H,5,8-9H2,1H3,(H,21,22)/t17-/m1/s1. The lowest BCUT2D eigenvalue weighted by molar-refractivity contribution is -0.143. The molecule has 0 saturated carbocycles. The normalized spacial score (nSPS) is 11.6. The molecule has 126 valence electrons. The van der Waals surface area contributed by atoms with Gasteiger partial charge in [-0.15, -0.1) is 0 Å². The molecule has 0 radical (unpaired) electrons. The highest BCUT2D eigenvalue weighted by Crippen LogP contribution is 2.09. The first kappa shape index (κ1) is 17.7. The molecular formula is C19H20FNO3. The average Bonchev–Trinajstić information content (AvgIpc) is 2.61. The van der Waals surface area contributed by atoms with Crippen LogP contribution in [-0.2, 0) is 16.0 Å². The number of benzene rings is 2. The number of hydrogen-bond donors (Lipinski definition) is 1. The molecule has 0 unspecified atom stereocenters. The summed E-state index contributed by atoms with van der Waals surface area (Å²) in [6, 6.07) is 14.3. The van der Waals surface area contributed by atoms with E-state index in [2.05, 4.69) is 5.32 Å². The second-order valence-corrected chi connectivity index (χ2v) is 5.43. The zero-order valence-corrected chi connectivity index (χ0v) is 13.5. The third kappa shape index (κ3) is 5.19. The average molecular weight is 329 g/mol. The van der Waals surface area contributed by atoms with Gasteiger partial charge < -0.3 is 10.1 Å². The summed E-state index contributed by atoms with van der Waals surface area (Å²) in [5.74, 6) is -1.33. The Hall–Kier alpha value is -2.69. The number of nitrogens with one attached hydrogen (secondary N) is 1. The molecule has 2 aromatic carbocycles. The molecule has 1 atom stereocenters. The second kappa shape index (κ2) is 8.82. The number of methoxy groups -OCH3 is 1. The van der Waals surface area contributed by atoms with Crippen molar-refractivity contribution in [2.75, 3.05) is 7.11 Å². The first-order valence-corrected chi connectivity index (χ1v) is 7.78. The van der Waals surface area contributed by atoms with Crippen molar-refractivity contribution in [3.05, 3.63) is 71.5 Å². The topological polar surface area (TPSA) is 55.4 Å². The van der Waals surface area contributed by atoms with Crippen molar-refractivity contribution in [3.8, 4) is 0 Å². The fourth-order valence-electron chi connectivity index (χ4n) is 2.39. The summed E-state index contributed by atoms with van der Waals surface area (Å²) < 4.78 is 17.7. The maximum atomic E-state index is 12.9. The molecule has 0 aliphatic rings. The van der Waals surface area contributed by atoms with Gasteiger partial charge >= 0.3 is 5.97 Å². The Balaban J connectivity index is 1.93. The Labute approximate surface area is 140 Å². The van der Waals surface area contributed by atoms with Gasteiger partial charge in [0.1, 0.15) is 11.9 Å². The highest BCUT2D eigenvalue weighted by atomic mass is 19.1. The van der Waals surface area contributed by atoms with Crippen molar-refractivity contribution in [2.45, 2.75) is 25.3 Å². The fourth-order valence-corrected chi connectivity index (χ4v) is 2.39. The SMILES string of the molecule is COC(=O)[C@@H](CCCc1ccccc1)NC(=O)c1ccc(F)cc1. The van der Waals surface area contributed by atoms with Gasteiger partial charge in [0.2, 0.25) is 0 Å². The predicted octanol–water partition coefficient (Wildman–Crippen LogP) is 3.12. The molecule has 0 saturated heterocycles. The first-order chi connectivity index (χ1) is 11.6. The summed E-state index contributed by atoms with van der Waals surface area (Å²) >= 11 is 0. The van der Waals surface area contributed by atoms with Crippen LogP contribution in [0.4, 0.5) is 4.39 Å². The number of rotatable bonds is 7. The van der Waals surface area contributed by atoms with Crippen LogP contribution in [0, 0.1) is 5.82 Å². The second-order valence-electron chi connectivity index (χ2n) is 5.43. The molecule has 0 bridgehead atoms. The van der Waals surface area contributed by atoms with Gasteiger partial charge in [0, 0.05) is 5.56 Å². The Bertz CT molecular complexity index is 671. The van der Waals surface area contributed by atoms with Gasteiger partial charge in [-0.05, 0) is 49.1 Å². The van der Waals surface area contributed by atoms with Crippen molar-refractivity contribution in [2.24, 2.45) is 0 Å². The minimum Gasteiger partial charge on any atom is -0.467 e. The highest BCUT2D eigenvalue weighted by molar-refractivity contribution is 5.96. The van der Waals surface area contributed by atoms with Crippen LogP contribution >= 0.6 is 0 Å². The van der Waals surface area contributed by atoms with Gasteiger partial charge in [0.05, 0.1) is 7.11 Å². The smallest absolute Gasteiger partial charge is 0.328 e. The van der Waals surface area contributed by atoms with Crippen molar-refractivity contribution < 1.29 is 18.7 Å². The van der Waals surface area contributed by atoms with Crippen LogP contribution < -0.4 is 5.32 Å². The minimum atomic E-state index is -0.726.